The molecule has 1 saturated heterocycles. The van der Waals surface area contributed by atoms with E-state index in [2.05, 4.69) is 20.4 Å². The van der Waals surface area contributed by atoms with E-state index in [9.17, 15) is 22.4 Å². The van der Waals surface area contributed by atoms with Crippen LogP contribution in [0.3, 0.4) is 0 Å². The van der Waals surface area contributed by atoms with E-state index in [1.165, 1.54) is 31.4 Å². The summed E-state index contributed by atoms with van der Waals surface area (Å²) < 4.78 is 56.1. The van der Waals surface area contributed by atoms with Gasteiger partial charge in [-0.3, -0.25) is 9.69 Å². The van der Waals surface area contributed by atoms with Gasteiger partial charge in [-0.15, -0.1) is 0 Å². The Morgan fingerprint density at radius 3 is 2.15 bits per heavy atom. The average molecular weight is 663 g/mol. The lowest BCUT2D eigenvalue weighted by molar-refractivity contribution is 0.0174. The molecular weight excluding hydrogens is 612 g/mol. The smallest absolute Gasteiger partial charge is 0.319 e. The molecule has 1 amide bonds. The molecule has 0 bridgehead atoms. The summed E-state index contributed by atoms with van der Waals surface area (Å²) >= 11 is 0. The van der Waals surface area contributed by atoms with Crippen molar-refractivity contribution in [1.82, 2.24) is 4.90 Å². The number of piperidine rings is 1. The van der Waals surface area contributed by atoms with Crippen molar-refractivity contribution in [3.63, 3.8) is 0 Å². The molecule has 5 rings (SSSR count). The van der Waals surface area contributed by atoms with Crippen molar-refractivity contribution in [3.8, 4) is 0 Å². The van der Waals surface area contributed by atoms with Crippen LogP contribution >= 0.6 is 0 Å². The van der Waals surface area contributed by atoms with Gasteiger partial charge >= 0.3 is 6.55 Å². The van der Waals surface area contributed by atoms with Gasteiger partial charge in [-0.2, -0.15) is 8.78 Å². The number of alkyl halides is 4. The van der Waals surface area contributed by atoms with Crippen LogP contribution in [0.4, 0.5) is 23.2 Å². The van der Waals surface area contributed by atoms with Gasteiger partial charge in [0.15, 0.2) is 0 Å². The molecule has 48 heavy (non-hydrogen) atoms. The van der Waals surface area contributed by atoms with Crippen molar-refractivity contribution in [2.24, 2.45) is 17.8 Å². The normalized spacial score (nSPS) is 16.3. The number of para-hydroxylation sites is 1. The zero-order valence-electron chi connectivity index (χ0n) is 29.2. The largest absolute Gasteiger partial charge is 0.339 e. The fraction of sp³-hybridized carbons (Fsp3) is 0.439. The third-order valence-electron chi connectivity index (χ3n) is 9.94. The highest BCUT2D eigenvalue weighted by molar-refractivity contribution is 5.95. The minimum Gasteiger partial charge on any atom is -0.339 e. The predicted octanol–water partition coefficient (Wildman–Crippen LogP) is 11.4. The number of carbonyl (C=O) groups is 1. The van der Waals surface area contributed by atoms with E-state index in [1.807, 2.05) is 38.1 Å². The molecule has 0 N–H and O–H groups in total. The number of allylic oxidation sites excluding steroid dienone is 2. The van der Waals surface area contributed by atoms with E-state index in [0.717, 1.165) is 45.9 Å². The van der Waals surface area contributed by atoms with Crippen molar-refractivity contribution in [1.29, 1.82) is 0 Å². The lowest BCUT2D eigenvalue weighted by Crippen LogP contribution is -2.41. The summed E-state index contributed by atoms with van der Waals surface area (Å²) in [5, 5.41) is 0. The van der Waals surface area contributed by atoms with Gasteiger partial charge in [-0.25, -0.2) is 8.78 Å². The lowest BCUT2D eigenvalue weighted by Gasteiger charge is -2.37. The predicted molar refractivity (Wildman–Crippen MR) is 190 cm³/mol. The number of rotatable bonds is 10. The van der Waals surface area contributed by atoms with Crippen LogP contribution in [0.5, 0.6) is 0 Å². The van der Waals surface area contributed by atoms with Gasteiger partial charge in [-0.1, -0.05) is 75.4 Å². The molecule has 0 radical (unpaired) electrons. The molecular formula is C41H50F4N2O. The number of nitrogens with zero attached hydrogens (tertiary/aromatic N) is 2. The van der Waals surface area contributed by atoms with Crippen molar-refractivity contribution in [2.75, 3.05) is 18.0 Å². The number of benzene rings is 3. The standard InChI is InChI=1S/C34H36F4N2O.C7H14/c1-6-29(26-11-9-12-28(21-26)34(5,37)38)30-15-14-27(20-23(30)3)32(41)39-18-16-25(17-19-39)24(4)40(33(35)36)31-13-8-7-10-22(31)2;1-3-6(2)7-4-5-7/h6-15,20-21,25,33H,4,16-19H2,1-3,5H3;6-7H,3-5H2,1-2H3/b29-6-;. The van der Waals surface area contributed by atoms with Gasteiger partial charge in [-0.05, 0) is 110 Å². The molecule has 1 unspecified atom stereocenters. The quantitative estimate of drug-likeness (QED) is 0.159. The highest BCUT2D eigenvalue weighted by atomic mass is 19.3. The van der Waals surface area contributed by atoms with Gasteiger partial charge in [0.2, 0.25) is 0 Å². The fourth-order valence-electron chi connectivity index (χ4n) is 6.55. The Morgan fingerprint density at radius 2 is 1.62 bits per heavy atom. The number of halogens is 4. The monoisotopic (exact) mass is 662 g/mol. The zero-order chi connectivity index (χ0) is 35.2. The lowest BCUT2D eigenvalue weighted by atomic mass is 9.90. The van der Waals surface area contributed by atoms with Crippen LogP contribution in [-0.2, 0) is 5.92 Å². The molecule has 1 aliphatic heterocycles. The van der Waals surface area contributed by atoms with Gasteiger partial charge in [0.25, 0.3) is 11.8 Å². The summed E-state index contributed by atoms with van der Waals surface area (Å²) in [6.45, 7) is 13.3. The topological polar surface area (TPSA) is 23.6 Å². The summed E-state index contributed by atoms with van der Waals surface area (Å²) in [4.78, 5) is 16.1. The first-order chi connectivity index (χ1) is 22.8. The Bertz CT molecular complexity index is 1600. The number of likely N-dealkylation sites (tertiary alicyclic amines) is 1. The van der Waals surface area contributed by atoms with Crippen LogP contribution in [0.1, 0.15) is 98.0 Å². The van der Waals surface area contributed by atoms with Crippen LogP contribution in [0, 0.1) is 31.6 Å². The molecule has 3 aromatic carbocycles. The molecule has 1 saturated carbocycles. The van der Waals surface area contributed by atoms with E-state index >= 15 is 0 Å². The summed E-state index contributed by atoms with van der Waals surface area (Å²) in [6, 6.07) is 18.8. The highest BCUT2D eigenvalue weighted by Crippen LogP contribution is 2.38. The van der Waals surface area contributed by atoms with Crippen LogP contribution in [0.15, 0.2) is 85.1 Å². The highest BCUT2D eigenvalue weighted by Gasteiger charge is 2.31. The third kappa shape index (κ3) is 8.97. The Morgan fingerprint density at radius 1 is 0.958 bits per heavy atom. The molecule has 3 aromatic rings. The average Bonchev–Trinajstić information content (AvgIpc) is 3.92. The van der Waals surface area contributed by atoms with Crippen molar-refractivity contribution < 1.29 is 22.4 Å². The minimum atomic E-state index is -2.95. The van der Waals surface area contributed by atoms with Crippen LogP contribution in [-0.4, -0.2) is 30.4 Å². The molecule has 3 nitrogen and oxygen atoms in total. The Kier molecular flexibility index (Phi) is 12.3. The second-order valence-electron chi connectivity index (χ2n) is 13.4. The van der Waals surface area contributed by atoms with Gasteiger partial charge in [0.1, 0.15) is 0 Å². The van der Waals surface area contributed by atoms with E-state index in [0.29, 0.717) is 48.4 Å². The molecule has 1 heterocycles. The SMILES string of the molecule is C=C(C1CCN(C(=O)c2ccc(/C(=C\C)c3cccc(C(C)(F)F)c3)c(C)c2)CC1)N(c1ccccc1C)C(F)F.CCC(C)C1CC1. The number of amides is 1. The van der Waals surface area contributed by atoms with E-state index in [1.54, 1.807) is 48.2 Å². The van der Waals surface area contributed by atoms with Crippen LogP contribution in [0.2, 0.25) is 0 Å². The summed E-state index contributed by atoms with van der Waals surface area (Å²) in [7, 11) is 0. The number of hydrogen-bond donors (Lipinski definition) is 0. The molecule has 0 spiro atoms. The molecule has 7 heteroatoms. The summed E-state index contributed by atoms with van der Waals surface area (Å²) in [5.74, 6) is -1.11. The minimum absolute atomic E-state index is 0.0551. The second kappa shape index (κ2) is 16.0. The zero-order valence-corrected chi connectivity index (χ0v) is 29.2. The molecule has 258 valence electrons. The van der Waals surface area contributed by atoms with Crippen molar-refractivity contribution >= 4 is 17.2 Å². The van der Waals surface area contributed by atoms with Crippen molar-refractivity contribution in [2.45, 2.75) is 86.1 Å². The number of hydrogen-bond acceptors (Lipinski definition) is 2. The van der Waals surface area contributed by atoms with E-state index in [4.69, 9.17) is 0 Å². The summed E-state index contributed by atoms with van der Waals surface area (Å²) in [5.41, 5.74) is 5.23. The Hall–Kier alpha value is -3.87. The molecule has 2 fully saturated rings. The van der Waals surface area contributed by atoms with Crippen molar-refractivity contribution in [3.05, 3.63) is 118 Å². The Labute approximate surface area is 284 Å². The molecule has 1 atom stereocenters. The fourth-order valence-corrected chi connectivity index (χ4v) is 6.55. The van der Waals surface area contributed by atoms with Gasteiger partial charge < -0.3 is 4.90 Å². The molecule has 0 aromatic heterocycles. The number of carbonyl (C=O) groups excluding carboxylic acids is 1. The van der Waals surface area contributed by atoms with Crippen LogP contribution < -0.4 is 4.90 Å². The first-order valence-electron chi connectivity index (χ1n) is 17.1. The first-order valence-corrected chi connectivity index (χ1v) is 17.1. The maximum atomic E-state index is 14.1. The first kappa shape index (κ1) is 37.0. The molecule has 1 aliphatic carbocycles. The number of aryl methyl sites for hydroxylation is 2. The van der Waals surface area contributed by atoms with Gasteiger partial charge in [0, 0.05) is 48.4 Å². The van der Waals surface area contributed by atoms with E-state index in [-0.39, 0.29) is 17.4 Å². The van der Waals surface area contributed by atoms with E-state index < -0.39 is 12.5 Å². The third-order valence-corrected chi connectivity index (χ3v) is 9.94. The van der Waals surface area contributed by atoms with Crippen LogP contribution in [0.25, 0.3) is 5.57 Å². The summed E-state index contributed by atoms with van der Waals surface area (Å²) in [6.07, 6.45) is 7.36. The molecule has 2 aliphatic rings. The second-order valence-corrected chi connectivity index (χ2v) is 13.4. The number of anilines is 1. The maximum Gasteiger partial charge on any atom is 0.319 e. The Balaban J connectivity index is 0.000000659. The maximum absolute atomic E-state index is 14.1. The van der Waals surface area contributed by atoms with Gasteiger partial charge in [0.05, 0.1) is 0 Å².